The van der Waals surface area contributed by atoms with Gasteiger partial charge in [0.25, 0.3) is 0 Å². The highest BCUT2D eigenvalue weighted by Crippen LogP contribution is 2.11. The Bertz CT molecular complexity index is 891. The van der Waals surface area contributed by atoms with E-state index in [2.05, 4.69) is 44.5 Å². The van der Waals surface area contributed by atoms with E-state index in [1.165, 1.54) is 5.56 Å². The SMILES string of the molecule is CCc1nncn1CCNC(=NCc1cccc(Cl)c1)NCc1ccccc1. The maximum Gasteiger partial charge on any atom is 0.191 e. The van der Waals surface area contributed by atoms with Crippen LogP contribution >= 0.6 is 11.6 Å². The summed E-state index contributed by atoms with van der Waals surface area (Å²) < 4.78 is 2.05. The Hall–Kier alpha value is -2.86. The van der Waals surface area contributed by atoms with Crippen LogP contribution in [-0.2, 0) is 26.1 Å². The van der Waals surface area contributed by atoms with Gasteiger partial charge in [-0.3, -0.25) is 0 Å². The molecular weight excluding hydrogens is 372 g/mol. The van der Waals surface area contributed by atoms with Crippen LogP contribution in [0.25, 0.3) is 0 Å². The minimum atomic E-state index is 0.553. The Labute approximate surface area is 170 Å². The first kappa shape index (κ1) is 19.9. The molecule has 6 nitrogen and oxygen atoms in total. The molecule has 0 bridgehead atoms. The predicted molar refractivity (Wildman–Crippen MR) is 113 cm³/mol. The molecule has 0 atom stereocenters. The first-order valence-electron chi connectivity index (χ1n) is 9.42. The smallest absolute Gasteiger partial charge is 0.191 e. The summed E-state index contributed by atoms with van der Waals surface area (Å²) in [7, 11) is 0. The molecule has 7 heteroatoms. The number of hydrogen-bond donors (Lipinski definition) is 2. The first-order chi connectivity index (χ1) is 13.7. The van der Waals surface area contributed by atoms with Gasteiger partial charge in [0.15, 0.2) is 5.96 Å². The number of aryl methyl sites for hydroxylation is 1. The van der Waals surface area contributed by atoms with Crippen LogP contribution in [0.15, 0.2) is 65.9 Å². The van der Waals surface area contributed by atoms with E-state index >= 15 is 0 Å². The second-order valence-corrected chi connectivity index (χ2v) is 6.79. The monoisotopic (exact) mass is 396 g/mol. The molecule has 146 valence electrons. The van der Waals surface area contributed by atoms with Crippen molar-refractivity contribution in [2.24, 2.45) is 4.99 Å². The summed E-state index contributed by atoms with van der Waals surface area (Å²) in [5.41, 5.74) is 2.27. The first-order valence-corrected chi connectivity index (χ1v) is 9.79. The highest BCUT2D eigenvalue weighted by atomic mass is 35.5. The molecule has 3 rings (SSSR count). The number of benzene rings is 2. The number of aliphatic imine (C=N–C) groups is 1. The number of nitrogens with one attached hydrogen (secondary N) is 2. The maximum atomic E-state index is 6.08. The van der Waals surface area contributed by atoms with Crippen LogP contribution in [0.3, 0.4) is 0 Å². The van der Waals surface area contributed by atoms with E-state index in [1.807, 2.05) is 42.5 Å². The predicted octanol–water partition coefficient (Wildman–Crippen LogP) is 3.43. The van der Waals surface area contributed by atoms with Crippen LogP contribution in [0.4, 0.5) is 0 Å². The molecular formula is C21H25ClN6. The lowest BCUT2D eigenvalue weighted by atomic mass is 10.2. The molecule has 3 aromatic rings. The summed E-state index contributed by atoms with van der Waals surface area (Å²) >= 11 is 6.08. The lowest BCUT2D eigenvalue weighted by molar-refractivity contribution is 0.631. The number of rotatable bonds is 8. The van der Waals surface area contributed by atoms with Crippen molar-refractivity contribution in [3.05, 3.63) is 82.9 Å². The normalized spacial score (nSPS) is 11.4. The highest BCUT2D eigenvalue weighted by molar-refractivity contribution is 6.30. The van der Waals surface area contributed by atoms with Crippen molar-refractivity contribution in [2.45, 2.75) is 33.0 Å². The van der Waals surface area contributed by atoms with Crippen molar-refractivity contribution >= 4 is 17.6 Å². The fourth-order valence-corrected chi connectivity index (χ4v) is 3.01. The Morgan fingerprint density at radius 2 is 1.89 bits per heavy atom. The van der Waals surface area contributed by atoms with Crippen molar-refractivity contribution in [1.29, 1.82) is 0 Å². The van der Waals surface area contributed by atoms with Gasteiger partial charge in [0.2, 0.25) is 0 Å². The average Bonchev–Trinajstić information content (AvgIpc) is 3.18. The standard InChI is InChI=1S/C21H25ClN6/c1-2-20-27-26-16-28(20)12-11-23-21(24-14-17-7-4-3-5-8-17)25-15-18-9-6-10-19(22)13-18/h3-10,13,16H,2,11-12,14-15H2,1H3,(H2,23,24,25). The van der Waals surface area contributed by atoms with Crippen molar-refractivity contribution in [3.63, 3.8) is 0 Å². The Morgan fingerprint density at radius 1 is 1.07 bits per heavy atom. The molecule has 0 unspecified atom stereocenters. The summed E-state index contributed by atoms with van der Waals surface area (Å²) in [6.07, 6.45) is 2.63. The van der Waals surface area contributed by atoms with E-state index in [0.29, 0.717) is 13.1 Å². The molecule has 0 fully saturated rings. The lowest BCUT2D eigenvalue weighted by Gasteiger charge is -2.14. The van der Waals surface area contributed by atoms with Gasteiger partial charge in [-0.2, -0.15) is 0 Å². The Kier molecular flexibility index (Phi) is 7.44. The van der Waals surface area contributed by atoms with Gasteiger partial charge in [0, 0.05) is 31.1 Å². The van der Waals surface area contributed by atoms with Gasteiger partial charge in [0.1, 0.15) is 12.2 Å². The van der Waals surface area contributed by atoms with Crippen molar-refractivity contribution < 1.29 is 0 Å². The largest absolute Gasteiger partial charge is 0.355 e. The molecule has 1 heterocycles. The molecule has 0 aliphatic carbocycles. The van der Waals surface area contributed by atoms with Gasteiger partial charge in [-0.05, 0) is 23.3 Å². The quantitative estimate of drug-likeness (QED) is 0.452. The van der Waals surface area contributed by atoms with Crippen LogP contribution in [0.1, 0.15) is 23.9 Å². The molecule has 1 aromatic heterocycles. The molecule has 0 spiro atoms. The summed E-state index contributed by atoms with van der Waals surface area (Å²) in [5.74, 6) is 1.74. The maximum absolute atomic E-state index is 6.08. The Balaban J connectivity index is 1.61. The molecule has 28 heavy (non-hydrogen) atoms. The second kappa shape index (κ2) is 10.5. The number of halogens is 1. The van der Waals surface area contributed by atoms with Crippen molar-refractivity contribution in [3.8, 4) is 0 Å². The van der Waals surface area contributed by atoms with E-state index in [-0.39, 0.29) is 0 Å². The highest BCUT2D eigenvalue weighted by Gasteiger charge is 2.03. The number of nitrogens with zero attached hydrogens (tertiary/aromatic N) is 4. The van der Waals surface area contributed by atoms with Gasteiger partial charge in [-0.25, -0.2) is 4.99 Å². The molecule has 0 radical (unpaired) electrons. The number of guanidine groups is 1. The molecule has 0 amide bonds. The van der Waals surface area contributed by atoms with E-state index in [1.54, 1.807) is 6.33 Å². The molecule has 2 aromatic carbocycles. The lowest BCUT2D eigenvalue weighted by Crippen LogP contribution is -2.38. The van der Waals surface area contributed by atoms with Gasteiger partial charge in [-0.15, -0.1) is 10.2 Å². The third-order valence-electron chi connectivity index (χ3n) is 4.27. The summed E-state index contributed by atoms with van der Waals surface area (Å²) in [4.78, 5) is 4.71. The van der Waals surface area contributed by atoms with Crippen LogP contribution in [0, 0.1) is 0 Å². The van der Waals surface area contributed by atoms with E-state index in [0.717, 1.165) is 41.9 Å². The fourth-order valence-electron chi connectivity index (χ4n) is 2.80. The van der Waals surface area contributed by atoms with Crippen LogP contribution < -0.4 is 10.6 Å². The van der Waals surface area contributed by atoms with E-state index in [9.17, 15) is 0 Å². The summed E-state index contributed by atoms with van der Waals surface area (Å²) in [6.45, 7) is 4.83. The topological polar surface area (TPSA) is 67.1 Å². The molecule has 0 aliphatic heterocycles. The van der Waals surface area contributed by atoms with Crippen molar-refractivity contribution in [2.75, 3.05) is 6.54 Å². The number of hydrogen-bond acceptors (Lipinski definition) is 3. The minimum absolute atomic E-state index is 0.553. The van der Waals surface area contributed by atoms with E-state index in [4.69, 9.17) is 16.6 Å². The van der Waals surface area contributed by atoms with Gasteiger partial charge in [-0.1, -0.05) is 61.0 Å². The third kappa shape index (κ3) is 6.09. The molecule has 0 saturated carbocycles. The van der Waals surface area contributed by atoms with Crippen LogP contribution in [0.2, 0.25) is 5.02 Å². The van der Waals surface area contributed by atoms with Crippen LogP contribution in [0.5, 0.6) is 0 Å². The van der Waals surface area contributed by atoms with Crippen molar-refractivity contribution in [1.82, 2.24) is 25.4 Å². The second-order valence-electron chi connectivity index (χ2n) is 6.35. The Morgan fingerprint density at radius 3 is 2.68 bits per heavy atom. The molecule has 2 N–H and O–H groups in total. The van der Waals surface area contributed by atoms with Crippen LogP contribution in [-0.4, -0.2) is 27.3 Å². The zero-order valence-corrected chi connectivity index (χ0v) is 16.7. The average molecular weight is 397 g/mol. The molecule has 0 saturated heterocycles. The zero-order valence-electron chi connectivity index (χ0n) is 16.0. The summed E-state index contributed by atoms with van der Waals surface area (Å²) in [6, 6.07) is 18.0. The number of aromatic nitrogens is 3. The molecule has 0 aliphatic rings. The summed E-state index contributed by atoms with van der Waals surface area (Å²) in [5, 5.41) is 15.6. The third-order valence-corrected chi connectivity index (χ3v) is 4.50. The van der Waals surface area contributed by atoms with Gasteiger partial charge in [0.05, 0.1) is 6.54 Å². The minimum Gasteiger partial charge on any atom is -0.355 e. The van der Waals surface area contributed by atoms with Gasteiger partial charge < -0.3 is 15.2 Å². The van der Waals surface area contributed by atoms with E-state index < -0.39 is 0 Å². The zero-order chi connectivity index (χ0) is 19.6. The fraction of sp³-hybridized carbons (Fsp3) is 0.286. The van der Waals surface area contributed by atoms with Gasteiger partial charge >= 0.3 is 0 Å².